The molecule has 0 amide bonds. The topological polar surface area (TPSA) is 38.8 Å². The Kier molecular flexibility index (Phi) is 4.43. The monoisotopic (exact) mass is 263 g/mol. The van der Waals surface area contributed by atoms with Gasteiger partial charge in [-0.05, 0) is 38.1 Å². The summed E-state index contributed by atoms with van der Waals surface area (Å²) in [6, 6.07) is 5.83. The Bertz CT molecular complexity index is 455. The van der Waals surface area contributed by atoms with E-state index in [1.54, 1.807) is 18.2 Å². The fourth-order valence-electron chi connectivity index (χ4n) is 2.43. The molecule has 0 bridgehead atoms. The lowest BCUT2D eigenvalue weighted by Crippen LogP contribution is -2.35. The molecule has 0 spiro atoms. The first kappa shape index (κ1) is 13.9. The maximum absolute atomic E-state index is 12.3. The van der Waals surface area contributed by atoms with E-state index in [0.29, 0.717) is 29.6 Å². The quantitative estimate of drug-likeness (QED) is 0.740. The molecule has 1 aliphatic heterocycles. The van der Waals surface area contributed by atoms with E-state index in [4.69, 9.17) is 9.47 Å². The zero-order chi connectivity index (χ0) is 13.8. The highest BCUT2D eigenvalue weighted by atomic mass is 16.7. The van der Waals surface area contributed by atoms with Crippen molar-refractivity contribution in [2.75, 3.05) is 20.4 Å². The minimum absolute atomic E-state index is 0.118. The number of carbonyl (C=O) groups is 1. The maximum atomic E-state index is 12.3. The number of benzene rings is 1. The highest BCUT2D eigenvalue weighted by Gasteiger charge is 2.19. The number of ketones is 1. The largest absolute Gasteiger partial charge is 0.454 e. The Morgan fingerprint density at radius 1 is 1.26 bits per heavy atom. The van der Waals surface area contributed by atoms with Gasteiger partial charge < -0.3 is 9.47 Å². The second-order valence-corrected chi connectivity index (χ2v) is 4.88. The third-order valence-corrected chi connectivity index (χ3v) is 3.65. The summed E-state index contributed by atoms with van der Waals surface area (Å²) >= 11 is 0. The smallest absolute Gasteiger partial charge is 0.231 e. The van der Waals surface area contributed by atoms with E-state index in [-0.39, 0.29) is 12.6 Å². The molecule has 1 aromatic rings. The van der Waals surface area contributed by atoms with Crippen LogP contribution in [0.15, 0.2) is 18.2 Å². The molecular formula is C15H21NO3. The number of rotatable bonds is 6. The molecule has 0 unspecified atom stereocenters. The summed E-state index contributed by atoms with van der Waals surface area (Å²) < 4.78 is 10.5. The van der Waals surface area contributed by atoms with Crippen LogP contribution in [-0.4, -0.2) is 37.1 Å². The van der Waals surface area contributed by atoms with Gasteiger partial charge in [0.2, 0.25) is 6.79 Å². The van der Waals surface area contributed by atoms with Gasteiger partial charge in [0.15, 0.2) is 17.3 Å². The zero-order valence-corrected chi connectivity index (χ0v) is 11.8. The lowest BCUT2D eigenvalue weighted by atomic mass is 10.1. The molecule has 4 heteroatoms. The van der Waals surface area contributed by atoms with Crippen molar-refractivity contribution in [3.63, 3.8) is 0 Å². The summed E-state index contributed by atoms with van der Waals surface area (Å²) in [6.07, 6.45) is 2.11. The van der Waals surface area contributed by atoms with Crippen LogP contribution in [-0.2, 0) is 0 Å². The molecule has 0 saturated heterocycles. The first-order chi connectivity index (χ1) is 9.15. The van der Waals surface area contributed by atoms with Gasteiger partial charge >= 0.3 is 0 Å². The summed E-state index contributed by atoms with van der Waals surface area (Å²) in [5.74, 6) is 1.49. The zero-order valence-electron chi connectivity index (χ0n) is 11.8. The Balaban J connectivity index is 2.04. The van der Waals surface area contributed by atoms with Crippen molar-refractivity contribution in [3.05, 3.63) is 23.8 Å². The van der Waals surface area contributed by atoms with Gasteiger partial charge in [0, 0.05) is 11.6 Å². The van der Waals surface area contributed by atoms with Gasteiger partial charge in [-0.25, -0.2) is 0 Å². The molecule has 0 atom stereocenters. The van der Waals surface area contributed by atoms with Gasteiger partial charge in [-0.1, -0.05) is 13.8 Å². The SMILES string of the molecule is CCC(CC)N(C)CC(=O)c1ccc2c(c1)OCO2. The van der Waals surface area contributed by atoms with Crippen LogP contribution in [0.25, 0.3) is 0 Å². The van der Waals surface area contributed by atoms with Crippen LogP contribution in [0.1, 0.15) is 37.0 Å². The van der Waals surface area contributed by atoms with Crippen LogP contribution in [0.4, 0.5) is 0 Å². The van der Waals surface area contributed by atoms with Gasteiger partial charge in [0.05, 0.1) is 6.54 Å². The van der Waals surface area contributed by atoms with Gasteiger partial charge in [0.25, 0.3) is 0 Å². The summed E-state index contributed by atoms with van der Waals surface area (Å²) in [4.78, 5) is 14.4. The van der Waals surface area contributed by atoms with Crippen molar-refractivity contribution in [1.82, 2.24) is 4.90 Å². The van der Waals surface area contributed by atoms with Crippen LogP contribution in [0.2, 0.25) is 0 Å². The molecule has 0 fully saturated rings. The van der Waals surface area contributed by atoms with Crippen molar-refractivity contribution < 1.29 is 14.3 Å². The Morgan fingerprint density at radius 3 is 2.63 bits per heavy atom. The third kappa shape index (κ3) is 3.07. The Hall–Kier alpha value is -1.55. The lowest BCUT2D eigenvalue weighted by Gasteiger charge is -2.25. The van der Waals surface area contributed by atoms with E-state index in [9.17, 15) is 4.79 Å². The summed E-state index contributed by atoms with van der Waals surface area (Å²) in [7, 11) is 2.00. The van der Waals surface area contributed by atoms with E-state index < -0.39 is 0 Å². The maximum Gasteiger partial charge on any atom is 0.231 e. The number of ether oxygens (including phenoxy) is 2. The molecule has 0 saturated carbocycles. The highest BCUT2D eigenvalue weighted by Crippen LogP contribution is 2.32. The summed E-state index contributed by atoms with van der Waals surface area (Å²) in [5, 5.41) is 0. The molecule has 104 valence electrons. The molecule has 0 aliphatic carbocycles. The number of carbonyl (C=O) groups excluding carboxylic acids is 1. The van der Waals surface area contributed by atoms with Gasteiger partial charge in [0.1, 0.15) is 0 Å². The fraction of sp³-hybridized carbons (Fsp3) is 0.533. The van der Waals surface area contributed by atoms with Crippen LogP contribution in [0.5, 0.6) is 11.5 Å². The summed E-state index contributed by atoms with van der Waals surface area (Å²) in [5.41, 5.74) is 0.682. The molecular weight excluding hydrogens is 242 g/mol. The Labute approximate surface area is 114 Å². The van der Waals surface area contributed by atoms with E-state index in [1.165, 1.54) is 0 Å². The van der Waals surface area contributed by atoms with Crippen LogP contribution < -0.4 is 9.47 Å². The van der Waals surface area contributed by atoms with Crippen molar-refractivity contribution in [2.45, 2.75) is 32.7 Å². The molecule has 0 aromatic heterocycles. The second-order valence-electron chi connectivity index (χ2n) is 4.88. The van der Waals surface area contributed by atoms with Crippen molar-refractivity contribution in [1.29, 1.82) is 0 Å². The standard InChI is InChI=1S/C15H21NO3/c1-4-12(5-2)16(3)9-13(17)11-6-7-14-15(8-11)19-10-18-14/h6-8,12H,4-5,9-10H2,1-3H3. The van der Waals surface area contributed by atoms with Gasteiger partial charge in [-0.3, -0.25) is 9.69 Å². The normalized spacial score (nSPS) is 13.3. The van der Waals surface area contributed by atoms with Crippen LogP contribution >= 0.6 is 0 Å². The molecule has 1 aromatic carbocycles. The number of fused-ring (bicyclic) bond motifs is 1. The van der Waals surface area contributed by atoms with E-state index in [0.717, 1.165) is 12.8 Å². The predicted octanol–water partition coefficient (Wildman–Crippen LogP) is 2.72. The average Bonchev–Trinajstić information content (AvgIpc) is 2.87. The number of likely N-dealkylation sites (N-methyl/N-ethyl adjacent to an activating group) is 1. The molecule has 0 N–H and O–H groups in total. The molecule has 1 heterocycles. The fourth-order valence-corrected chi connectivity index (χ4v) is 2.43. The molecule has 2 rings (SSSR count). The van der Waals surface area contributed by atoms with Crippen LogP contribution in [0.3, 0.4) is 0 Å². The number of hydrogen-bond acceptors (Lipinski definition) is 4. The third-order valence-electron chi connectivity index (χ3n) is 3.65. The number of hydrogen-bond donors (Lipinski definition) is 0. The molecule has 19 heavy (non-hydrogen) atoms. The molecule has 0 radical (unpaired) electrons. The van der Waals surface area contributed by atoms with Crippen LogP contribution in [0, 0.1) is 0 Å². The average molecular weight is 263 g/mol. The predicted molar refractivity (Wildman–Crippen MR) is 73.9 cm³/mol. The molecule has 4 nitrogen and oxygen atoms in total. The first-order valence-electron chi connectivity index (χ1n) is 6.78. The first-order valence-corrected chi connectivity index (χ1v) is 6.78. The number of Topliss-reactive ketones (excluding diaryl/α,β-unsaturated/α-hetero) is 1. The summed E-state index contributed by atoms with van der Waals surface area (Å²) in [6.45, 7) is 4.97. The number of nitrogens with zero attached hydrogens (tertiary/aromatic N) is 1. The minimum atomic E-state index is 0.118. The van der Waals surface area contributed by atoms with Gasteiger partial charge in [-0.15, -0.1) is 0 Å². The minimum Gasteiger partial charge on any atom is -0.454 e. The highest BCUT2D eigenvalue weighted by molar-refractivity contribution is 5.98. The van der Waals surface area contributed by atoms with Crippen molar-refractivity contribution in [2.24, 2.45) is 0 Å². The van der Waals surface area contributed by atoms with E-state index >= 15 is 0 Å². The van der Waals surface area contributed by atoms with E-state index in [2.05, 4.69) is 18.7 Å². The lowest BCUT2D eigenvalue weighted by molar-refractivity contribution is 0.0915. The second kappa shape index (κ2) is 6.06. The van der Waals surface area contributed by atoms with Crippen molar-refractivity contribution in [3.8, 4) is 11.5 Å². The van der Waals surface area contributed by atoms with Gasteiger partial charge in [-0.2, -0.15) is 0 Å². The molecule has 1 aliphatic rings. The Morgan fingerprint density at radius 2 is 1.95 bits per heavy atom. The van der Waals surface area contributed by atoms with E-state index in [1.807, 2.05) is 7.05 Å². The van der Waals surface area contributed by atoms with Crippen molar-refractivity contribution >= 4 is 5.78 Å².